The Kier molecular flexibility index (Phi) is 7.32. The lowest BCUT2D eigenvalue weighted by atomic mass is 9.89. The molecule has 1 aliphatic carbocycles. The summed E-state index contributed by atoms with van der Waals surface area (Å²) in [4.78, 5) is 12.6. The largest absolute Gasteiger partial charge is 0.494 e. The number of carbonyl (C=O) groups is 1. The maximum atomic E-state index is 12.6. The van der Waals surface area contributed by atoms with Crippen LogP contribution in [-0.2, 0) is 14.8 Å². The molecule has 1 fully saturated rings. The second kappa shape index (κ2) is 9.26. The van der Waals surface area contributed by atoms with Crippen LogP contribution in [-0.4, -0.2) is 39.8 Å². The van der Waals surface area contributed by atoms with Crippen molar-refractivity contribution in [2.24, 2.45) is 5.92 Å². The maximum Gasteiger partial charge on any atom is 0.243 e. The van der Waals surface area contributed by atoms with Crippen molar-refractivity contribution >= 4 is 21.6 Å². The molecule has 0 spiro atoms. The van der Waals surface area contributed by atoms with Gasteiger partial charge in [-0.25, -0.2) is 8.42 Å². The molecule has 1 N–H and O–H groups in total. The van der Waals surface area contributed by atoms with E-state index >= 15 is 0 Å². The summed E-state index contributed by atoms with van der Waals surface area (Å²) in [7, 11) is -3.60. The number of benzene rings is 1. The molecule has 7 heteroatoms. The Balaban J connectivity index is 2.08. The molecule has 26 heavy (non-hydrogen) atoms. The quantitative estimate of drug-likeness (QED) is 0.750. The van der Waals surface area contributed by atoms with E-state index < -0.39 is 16.1 Å². The van der Waals surface area contributed by atoms with Crippen LogP contribution in [0.4, 0.5) is 5.69 Å². The minimum absolute atomic E-state index is 0.269. The zero-order valence-electron chi connectivity index (χ0n) is 15.9. The molecule has 0 heterocycles. The zero-order valence-corrected chi connectivity index (χ0v) is 16.7. The van der Waals surface area contributed by atoms with Crippen LogP contribution in [0, 0.1) is 5.92 Å². The molecule has 0 radical (unpaired) electrons. The molecule has 0 saturated heterocycles. The van der Waals surface area contributed by atoms with Crippen LogP contribution in [0.25, 0.3) is 0 Å². The number of rotatable bonds is 8. The van der Waals surface area contributed by atoms with Gasteiger partial charge in [0.2, 0.25) is 15.9 Å². The average Bonchev–Trinajstić information content (AvgIpc) is 2.61. The molecule has 0 aliphatic heterocycles. The Labute approximate surface area is 157 Å². The van der Waals surface area contributed by atoms with Crippen LogP contribution < -0.4 is 14.4 Å². The SMILES string of the molecule is CCOc1ccc(N([C@H](C)C(=O)NCC2CCCCC2)S(C)(=O)=O)cc1. The summed E-state index contributed by atoms with van der Waals surface area (Å²) in [6.45, 7) is 4.66. The fraction of sp³-hybridized carbons (Fsp3) is 0.632. The summed E-state index contributed by atoms with van der Waals surface area (Å²) in [5.74, 6) is 0.894. The molecule has 0 bridgehead atoms. The Morgan fingerprint density at radius 2 is 1.85 bits per heavy atom. The zero-order chi connectivity index (χ0) is 19.2. The van der Waals surface area contributed by atoms with Crippen LogP contribution in [0.5, 0.6) is 5.75 Å². The lowest BCUT2D eigenvalue weighted by molar-refractivity contribution is -0.122. The van der Waals surface area contributed by atoms with Gasteiger partial charge in [0.15, 0.2) is 0 Å². The third kappa shape index (κ3) is 5.62. The lowest BCUT2D eigenvalue weighted by Gasteiger charge is -2.29. The number of anilines is 1. The lowest BCUT2D eigenvalue weighted by Crippen LogP contribution is -2.48. The number of ether oxygens (including phenoxy) is 1. The van der Waals surface area contributed by atoms with Crippen molar-refractivity contribution in [2.45, 2.75) is 52.0 Å². The summed E-state index contributed by atoms with van der Waals surface area (Å²) < 4.78 is 31.2. The van der Waals surface area contributed by atoms with Crippen LogP contribution in [0.2, 0.25) is 0 Å². The van der Waals surface area contributed by atoms with Gasteiger partial charge in [-0.15, -0.1) is 0 Å². The Bertz CT molecular complexity index is 682. The Hall–Kier alpha value is -1.76. The minimum Gasteiger partial charge on any atom is -0.494 e. The van der Waals surface area contributed by atoms with Crippen LogP contribution >= 0.6 is 0 Å². The molecule has 2 rings (SSSR count). The summed E-state index contributed by atoms with van der Waals surface area (Å²) >= 11 is 0. The molecule has 0 aromatic heterocycles. The van der Waals surface area contributed by atoms with Crippen LogP contribution in [0.1, 0.15) is 46.0 Å². The molecular formula is C19H30N2O4S. The van der Waals surface area contributed by atoms with Gasteiger partial charge in [0.25, 0.3) is 0 Å². The van der Waals surface area contributed by atoms with E-state index in [0.717, 1.165) is 19.1 Å². The first-order valence-electron chi connectivity index (χ1n) is 9.33. The number of nitrogens with one attached hydrogen (secondary N) is 1. The number of sulfonamides is 1. The normalized spacial score (nSPS) is 16.7. The van der Waals surface area contributed by atoms with Gasteiger partial charge >= 0.3 is 0 Å². The molecule has 0 unspecified atom stereocenters. The van der Waals surface area contributed by atoms with Gasteiger partial charge in [0.1, 0.15) is 11.8 Å². The highest BCUT2D eigenvalue weighted by Gasteiger charge is 2.29. The smallest absolute Gasteiger partial charge is 0.243 e. The highest BCUT2D eigenvalue weighted by atomic mass is 32.2. The van der Waals surface area contributed by atoms with Gasteiger partial charge in [-0.3, -0.25) is 9.10 Å². The standard InChI is InChI=1S/C19H30N2O4S/c1-4-25-18-12-10-17(11-13-18)21(26(3,23)24)15(2)19(22)20-14-16-8-6-5-7-9-16/h10-13,15-16H,4-9,14H2,1-3H3,(H,20,22)/t15-/m1/s1. The van der Waals surface area contributed by atoms with Crippen LogP contribution in [0.15, 0.2) is 24.3 Å². The molecule has 1 amide bonds. The Morgan fingerprint density at radius 1 is 1.23 bits per heavy atom. The third-order valence-corrected chi connectivity index (χ3v) is 6.02. The van der Waals surface area contributed by atoms with E-state index in [-0.39, 0.29) is 5.91 Å². The molecule has 1 aromatic carbocycles. The fourth-order valence-corrected chi connectivity index (χ4v) is 4.62. The van der Waals surface area contributed by atoms with E-state index in [2.05, 4.69) is 5.32 Å². The van der Waals surface area contributed by atoms with Crippen molar-refractivity contribution in [1.29, 1.82) is 0 Å². The molecule has 146 valence electrons. The summed E-state index contributed by atoms with van der Waals surface area (Å²) in [5, 5.41) is 2.94. The first-order valence-corrected chi connectivity index (χ1v) is 11.2. The second-order valence-electron chi connectivity index (χ2n) is 6.91. The van der Waals surface area contributed by atoms with E-state index in [0.29, 0.717) is 30.5 Å². The van der Waals surface area contributed by atoms with E-state index in [1.165, 1.54) is 23.6 Å². The number of nitrogens with zero attached hydrogens (tertiary/aromatic N) is 1. The van der Waals surface area contributed by atoms with Crippen molar-refractivity contribution in [3.8, 4) is 5.75 Å². The monoisotopic (exact) mass is 382 g/mol. The Morgan fingerprint density at radius 3 is 2.38 bits per heavy atom. The maximum absolute atomic E-state index is 12.6. The number of amides is 1. The molecule has 1 saturated carbocycles. The van der Waals surface area contributed by atoms with Gasteiger partial charge in [-0.1, -0.05) is 19.3 Å². The highest BCUT2D eigenvalue weighted by molar-refractivity contribution is 7.92. The van der Waals surface area contributed by atoms with Crippen LogP contribution in [0.3, 0.4) is 0 Å². The predicted octanol–water partition coefficient (Wildman–Crippen LogP) is 2.94. The summed E-state index contributed by atoms with van der Waals surface area (Å²) in [6, 6.07) is 5.94. The van der Waals surface area contributed by atoms with Crippen molar-refractivity contribution in [3.63, 3.8) is 0 Å². The predicted molar refractivity (Wildman–Crippen MR) is 104 cm³/mol. The first kappa shape index (κ1) is 20.6. The summed E-state index contributed by atoms with van der Waals surface area (Å²) in [6.07, 6.45) is 7.05. The van der Waals surface area contributed by atoms with E-state index in [4.69, 9.17) is 4.74 Å². The summed E-state index contributed by atoms with van der Waals surface area (Å²) in [5.41, 5.74) is 0.455. The molecule has 1 atom stereocenters. The van der Waals surface area contributed by atoms with Gasteiger partial charge < -0.3 is 10.1 Å². The minimum atomic E-state index is -3.60. The van der Waals surface area contributed by atoms with E-state index in [9.17, 15) is 13.2 Å². The van der Waals surface area contributed by atoms with Gasteiger partial charge in [-0.05, 0) is 56.9 Å². The number of hydrogen-bond donors (Lipinski definition) is 1. The number of carbonyl (C=O) groups excluding carboxylic acids is 1. The van der Waals surface area contributed by atoms with Crippen molar-refractivity contribution in [3.05, 3.63) is 24.3 Å². The third-order valence-electron chi connectivity index (χ3n) is 4.78. The van der Waals surface area contributed by atoms with Gasteiger partial charge in [0.05, 0.1) is 18.6 Å². The highest BCUT2D eigenvalue weighted by Crippen LogP contribution is 2.25. The van der Waals surface area contributed by atoms with Crippen molar-refractivity contribution in [2.75, 3.05) is 23.7 Å². The van der Waals surface area contributed by atoms with Crippen molar-refractivity contribution < 1.29 is 17.9 Å². The molecular weight excluding hydrogens is 352 g/mol. The molecule has 1 aliphatic rings. The topological polar surface area (TPSA) is 75.7 Å². The molecule has 1 aromatic rings. The van der Waals surface area contributed by atoms with E-state index in [1.54, 1.807) is 31.2 Å². The van der Waals surface area contributed by atoms with Gasteiger partial charge in [0, 0.05) is 6.54 Å². The second-order valence-corrected chi connectivity index (χ2v) is 8.77. The molecule has 6 nitrogen and oxygen atoms in total. The van der Waals surface area contributed by atoms with Gasteiger partial charge in [-0.2, -0.15) is 0 Å². The van der Waals surface area contributed by atoms with Crippen molar-refractivity contribution in [1.82, 2.24) is 5.32 Å². The average molecular weight is 383 g/mol. The fourth-order valence-electron chi connectivity index (χ4n) is 3.45. The number of hydrogen-bond acceptors (Lipinski definition) is 4. The first-order chi connectivity index (χ1) is 12.3. The van der Waals surface area contributed by atoms with E-state index in [1.807, 2.05) is 6.92 Å².